The van der Waals surface area contributed by atoms with Crippen LogP contribution in [0.25, 0.3) is 0 Å². The first-order valence-electron chi connectivity index (χ1n) is 21.4. The molecule has 3 N–H and O–H groups in total. The predicted molar refractivity (Wildman–Crippen MR) is 242 cm³/mol. The van der Waals surface area contributed by atoms with Crippen LogP contribution in [0.5, 0.6) is 0 Å². The number of nitrogens with zero attached hydrogens (tertiary/aromatic N) is 2. The maximum absolute atomic E-state index is 12.3. The van der Waals surface area contributed by atoms with E-state index in [1.807, 2.05) is 48.5 Å². The topological polar surface area (TPSA) is 127 Å². The fourth-order valence-electron chi connectivity index (χ4n) is 9.76. The fourth-order valence-corrected chi connectivity index (χ4v) is 10.8. The van der Waals surface area contributed by atoms with Crippen LogP contribution in [0.1, 0.15) is 101 Å². The summed E-state index contributed by atoms with van der Waals surface area (Å²) < 4.78 is 71.5. The van der Waals surface area contributed by atoms with Crippen molar-refractivity contribution in [3.8, 4) is 0 Å². The zero-order valence-electron chi connectivity index (χ0n) is 35.4. The first-order valence-corrected chi connectivity index (χ1v) is 24.2. The summed E-state index contributed by atoms with van der Waals surface area (Å²) in [6, 6.07) is 30.6. The number of nitrogens with one attached hydrogen (secondary N) is 1. The minimum absolute atomic E-state index is 0.114. The summed E-state index contributed by atoms with van der Waals surface area (Å²) in [5, 5.41) is 4.04. The lowest BCUT2D eigenvalue weighted by Crippen LogP contribution is -2.33. The van der Waals surface area contributed by atoms with Crippen molar-refractivity contribution >= 4 is 37.3 Å². The minimum Gasteiger partial charge on any atom is -0.382 e. The highest BCUT2D eigenvalue weighted by Gasteiger charge is 2.45. The Morgan fingerprint density at radius 1 is 0.705 bits per heavy atom. The van der Waals surface area contributed by atoms with E-state index in [1.54, 1.807) is 12.1 Å². The van der Waals surface area contributed by atoms with E-state index < -0.39 is 31.1 Å². The molecule has 1 fully saturated rings. The molecule has 2 aliphatic carbocycles. The molecule has 2 heterocycles. The lowest BCUT2D eigenvalue weighted by atomic mass is 9.81. The van der Waals surface area contributed by atoms with Gasteiger partial charge in [0.05, 0.1) is 15.2 Å². The van der Waals surface area contributed by atoms with Crippen LogP contribution in [0.3, 0.4) is 0 Å². The number of allylic oxidation sites excluding steroid dienone is 7. The number of hydrogen-bond donors (Lipinski definition) is 3. The Labute approximate surface area is 361 Å². The predicted octanol–water partition coefficient (Wildman–Crippen LogP) is 10.5. The number of rotatable bonds is 11. The van der Waals surface area contributed by atoms with Gasteiger partial charge in [0.2, 0.25) is 5.69 Å². The lowest BCUT2D eigenvalue weighted by Gasteiger charge is -2.31. The van der Waals surface area contributed by atoms with Gasteiger partial charge in [-0.2, -0.15) is 21.4 Å². The Hall–Kier alpha value is -5.07. The molecular formula is C50H56N3O6S2+. The van der Waals surface area contributed by atoms with Gasteiger partial charge in [0.15, 0.2) is 12.3 Å². The normalized spacial score (nSPS) is 20.5. The van der Waals surface area contributed by atoms with Crippen molar-refractivity contribution in [1.29, 1.82) is 0 Å². The van der Waals surface area contributed by atoms with E-state index in [2.05, 4.69) is 91.1 Å². The van der Waals surface area contributed by atoms with Crippen LogP contribution in [0.2, 0.25) is 0 Å². The molecule has 0 amide bonds. The van der Waals surface area contributed by atoms with Crippen LogP contribution >= 0.6 is 0 Å². The van der Waals surface area contributed by atoms with Gasteiger partial charge >= 0.3 is 0 Å². The molecule has 8 rings (SSSR count). The molecule has 2 aliphatic heterocycles. The second-order valence-corrected chi connectivity index (χ2v) is 20.7. The molecule has 1 saturated carbocycles. The van der Waals surface area contributed by atoms with E-state index in [-0.39, 0.29) is 9.79 Å². The number of benzene rings is 4. The van der Waals surface area contributed by atoms with E-state index in [4.69, 9.17) is 0 Å². The molecule has 0 unspecified atom stereocenters. The van der Waals surface area contributed by atoms with Gasteiger partial charge in [0.25, 0.3) is 20.2 Å². The molecule has 0 spiro atoms. The fraction of sp³-hybridized carbons (Fsp3) is 0.340. The summed E-state index contributed by atoms with van der Waals surface area (Å²) in [6.45, 7) is 9.63. The molecule has 0 aromatic heterocycles. The molecule has 318 valence electrons. The standard InChI is InChI=1S/C50H55N3O6S2/c1-49(2)42-31-40(60(54,55)56)25-27-44(42)52(33-35-15-8-5-9-16-35)46(49)29-23-37-19-14-20-38(48(37)51-39-21-12-7-13-22-39)24-30-47-50(3,4)43-32-41(61(57,58)59)26-28-45(43)53(47)34-36-17-10-6-11-18-36/h5-6,8-11,15-18,23-32,39H,7,12-14,19-22,33-34H2,1-4H3,(H2,54,55,56,57,58,59)/p+1/b37-23+,46-29+. The molecular weight excluding hydrogens is 803 g/mol. The second kappa shape index (κ2) is 16.7. The van der Waals surface area contributed by atoms with Crippen molar-refractivity contribution in [3.63, 3.8) is 0 Å². The van der Waals surface area contributed by atoms with Crippen LogP contribution in [-0.4, -0.2) is 42.3 Å². The van der Waals surface area contributed by atoms with E-state index in [9.17, 15) is 25.9 Å². The maximum Gasteiger partial charge on any atom is 0.294 e. The second-order valence-electron chi connectivity index (χ2n) is 17.9. The van der Waals surface area contributed by atoms with Gasteiger partial charge in [-0.3, -0.25) is 9.11 Å². The quantitative estimate of drug-likeness (QED) is 0.101. The summed E-state index contributed by atoms with van der Waals surface area (Å²) >= 11 is 0. The minimum atomic E-state index is -4.40. The molecule has 61 heavy (non-hydrogen) atoms. The third-order valence-corrected chi connectivity index (χ3v) is 14.8. The SMILES string of the molecule is CC1(C)C(C=CC2=C(NC3CCCCC3)/C(=C/C=C3/N(Cc4ccccc4)c4ccc(S(=O)(=O)O)cc4C3(C)C)CCC2)=[N+](Cc2ccccc2)c2ccc(S(=O)(=O)O)cc21. The van der Waals surface area contributed by atoms with E-state index >= 15 is 0 Å². The van der Waals surface area contributed by atoms with Gasteiger partial charge in [0.1, 0.15) is 0 Å². The largest absolute Gasteiger partial charge is 0.382 e. The van der Waals surface area contributed by atoms with Gasteiger partial charge in [0, 0.05) is 58.4 Å². The van der Waals surface area contributed by atoms with Crippen LogP contribution in [-0.2, 0) is 44.2 Å². The maximum atomic E-state index is 12.3. The van der Waals surface area contributed by atoms with Crippen molar-refractivity contribution < 1.29 is 30.5 Å². The number of fused-ring (bicyclic) bond motifs is 2. The van der Waals surface area contributed by atoms with Crippen LogP contribution in [0, 0.1) is 0 Å². The highest BCUT2D eigenvalue weighted by Crippen LogP contribution is 2.49. The third kappa shape index (κ3) is 8.71. The van der Waals surface area contributed by atoms with Gasteiger partial charge in [-0.1, -0.05) is 106 Å². The average Bonchev–Trinajstić information content (AvgIpc) is 3.57. The highest BCUT2D eigenvalue weighted by atomic mass is 32.2. The van der Waals surface area contributed by atoms with Gasteiger partial charge in [-0.25, -0.2) is 0 Å². The Morgan fingerprint density at radius 2 is 1.33 bits per heavy atom. The van der Waals surface area contributed by atoms with Gasteiger partial charge in [-0.15, -0.1) is 0 Å². The summed E-state index contributed by atoms with van der Waals surface area (Å²) in [4.78, 5) is 2.04. The van der Waals surface area contributed by atoms with Crippen LogP contribution < -0.4 is 10.2 Å². The molecule has 4 aromatic rings. The molecule has 9 nitrogen and oxygen atoms in total. The smallest absolute Gasteiger partial charge is 0.294 e. The van der Waals surface area contributed by atoms with Crippen molar-refractivity contribution in [2.24, 2.45) is 0 Å². The molecule has 0 atom stereocenters. The monoisotopic (exact) mass is 858 g/mol. The zero-order chi connectivity index (χ0) is 43.2. The first-order chi connectivity index (χ1) is 29.0. The van der Waals surface area contributed by atoms with E-state index in [1.165, 1.54) is 42.5 Å². The van der Waals surface area contributed by atoms with Crippen molar-refractivity contribution in [2.75, 3.05) is 4.90 Å². The van der Waals surface area contributed by atoms with Crippen molar-refractivity contribution in [1.82, 2.24) is 5.32 Å². The summed E-state index contributed by atoms with van der Waals surface area (Å²) in [5.74, 6) is 0. The molecule has 11 heteroatoms. The summed E-state index contributed by atoms with van der Waals surface area (Å²) in [6.07, 6.45) is 17.5. The molecule has 0 saturated heterocycles. The Balaban J connectivity index is 1.24. The molecule has 4 aliphatic rings. The Kier molecular flexibility index (Phi) is 11.6. The summed E-state index contributed by atoms with van der Waals surface area (Å²) in [5.41, 5.74) is 10.3. The van der Waals surface area contributed by atoms with Gasteiger partial charge in [-0.05, 0) is 105 Å². The van der Waals surface area contributed by atoms with Crippen LogP contribution in [0.15, 0.2) is 154 Å². The first kappa shape index (κ1) is 42.6. The van der Waals surface area contributed by atoms with Crippen molar-refractivity contribution in [2.45, 2.75) is 119 Å². The lowest BCUT2D eigenvalue weighted by molar-refractivity contribution is -0.455. The van der Waals surface area contributed by atoms with Gasteiger partial charge < -0.3 is 10.2 Å². The molecule has 0 bridgehead atoms. The number of hydrogen-bond acceptors (Lipinski definition) is 6. The Bertz CT molecular complexity index is 2720. The van der Waals surface area contributed by atoms with E-state index in [0.29, 0.717) is 19.1 Å². The third-order valence-electron chi connectivity index (χ3n) is 13.1. The Morgan fingerprint density at radius 3 is 1.98 bits per heavy atom. The molecule has 0 radical (unpaired) electrons. The number of anilines is 1. The zero-order valence-corrected chi connectivity index (χ0v) is 37.1. The van der Waals surface area contributed by atoms with Crippen molar-refractivity contribution in [3.05, 3.63) is 166 Å². The summed E-state index contributed by atoms with van der Waals surface area (Å²) in [7, 11) is -8.79. The van der Waals surface area contributed by atoms with E-state index in [0.717, 1.165) is 82.8 Å². The average molecular weight is 859 g/mol. The molecule has 4 aromatic carbocycles. The van der Waals surface area contributed by atoms with Crippen LogP contribution in [0.4, 0.5) is 11.4 Å². The highest BCUT2D eigenvalue weighted by molar-refractivity contribution is 7.86.